The van der Waals surface area contributed by atoms with E-state index in [2.05, 4.69) is 36.1 Å². The van der Waals surface area contributed by atoms with Crippen LogP contribution in [0.15, 0.2) is 55.0 Å². The number of ether oxygens (including phenoxy) is 1. The lowest BCUT2D eigenvalue weighted by atomic mass is 10.1. The Morgan fingerprint density at radius 1 is 1.18 bits per heavy atom. The third kappa shape index (κ3) is 5.49. The summed E-state index contributed by atoms with van der Waals surface area (Å²) in [5.74, 6) is 1.48. The summed E-state index contributed by atoms with van der Waals surface area (Å²) < 4.78 is 7.76. The van der Waals surface area contributed by atoms with Gasteiger partial charge in [0.05, 0.1) is 24.0 Å². The fourth-order valence-corrected chi connectivity index (χ4v) is 5.41. The number of halogens is 1. The number of nitrogens with zero attached hydrogens (tertiary/aromatic N) is 4. The Morgan fingerprint density at radius 3 is 2.75 bits per heavy atom. The van der Waals surface area contributed by atoms with Crippen molar-refractivity contribution in [3.05, 3.63) is 65.6 Å². The summed E-state index contributed by atoms with van der Waals surface area (Å²) in [6.45, 7) is 0.477. The zero-order valence-electron chi connectivity index (χ0n) is 21.4. The van der Waals surface area contributed by atoms with E-state index in [1.165, 1.54) is 11.3 Å². The maximum Gasteiger partial charge on any atom is 0.319 e. The molecule has 5 aromatic rings. The van der Waals surface area contributed by atoms with Gasteiger partial charge in [0.25, 0.3) is 0 Å². The van der Waals surface area contributed by atoms with Gasteiger partial charge in [0.1, 0.15) is 16.8 Å². The summed E-state index contributed by atoms with van der Waals surface area (Å²) in [5.41, 5.74) is 3.66. The topological polar surface area (TPSA) is 139 Å². The van der Waals surface area contributed by atoms with Crippen molar-refractivity contribution in [1.29, 1.82) is 0 Å². The van der Waals surface area contributed by atoms with Crippen molar-refractivity contribution in [1.82, 2.24) is 30.0 Å². The number of thiazole rings is 1. The van der Waals surface area contributed by atoms with E-state index in [-0.39, 0.29) is 17.9 Å². The molecule has 0 spiro atoms. The zero-order valence-corrected chi connectivity index (χ0v) is 23.0. The Balaban J connectivity index is 1.12. The van der Waals surface area contributed by atoms with Gasteiger partial charge in [-0.1, -0.05) is 35.1 Å². The van der Waals surface area contributed by atoms with Crippen LogP contribution in [0.25, 0.3) is 27.4 Å². The van der Waals surface area contributed by atoms with Crippen LogP contribution in [0, 0.1) is 5.92 Å². The highest BCUT2D eigenvalue weighted by molar-refractivity contribution is 7.22. The first-order valence-electron chi connectivity index (χ1n) is 12.6. The van der Waals surface area contributed by atoms with Crippen molar-refractivity contribution in [3.63, 3.8) is 0 Å². The van der Waals surface area contributed by atoms with Gasteiger partial charge in [-0.25, -0.2) is 14.8 Å². The van der Waals surface area contributed by atoms with Gasteiger partial charge in [-0.05, 0) is 55.2 Å². The number of methoxy groups -OCH3 is 1. The van der Waals surface area contributed by atoms with Crippen LogP contribution in [0.1, 0.15) is 18.4 Å². The van der Waals surface area contributed by atoms with Crippen molar-refractivity contribution in [2.24, 2.45) is 5.92 Å². The lowest BCUT2D eigenvalue weighted by Gasteiger charge is -2.11. The maximum absolute atomic E-state index is 12.4. The third-order valence-electron chi connectivity index (χ3n) is 6.50. The fourth-order valence-electron chi connectivity index (χ4n) is 4.23. The summed E-state index contributed by atoms with van der Waals surface area (Å²) in [4.78, 5) is 33.3. The smallest absolute Gasteiger partial charge is 0.319 e. The summed E-state index contributed by atoms with van der Waals surface area (Å²) in [6, 6.07) is 12.7. The average Bonchev–Trinajstić information content (AvgIpc) is 3.39. The third-order valence-corrected chi connectivity index (χ3v) is 7.78. The number of aromatic nitrogens is 5. The number of rotatable bonds is 9. The molecule has 1 aliphatic carbocycles. The minimum atomic E-state index is -0.323. The molecule has 11 nitrogen and oxygen atoms in total. The molecule has 3 amide bonds. The molecule has 6 rings (SSSR count). The van der Waals surface area contributed by atoms with Crippen molar-refractivity contribution < 1.29 is 14.3 Å². The summed E-state index contributed by atoms with van der Waals surface area (Å²) in [7, 11) is 1.63. The van der Waals surface area contributed by atoms with Crippen LogP contribution >= 0.6 is 22.9 Å². The summed E-state index contributed by atoms with van der Waals surface area (Å²) in [5, 5.41) is 16.9. The second kappa shape index (κ2) is 11.0. The number of anilines is 2. The van der Waals surface area contributed by atoms with Crippen molar-refractivity contribution >= 4 is 56.0 Å². The van der Waals surface area contributed by atoms with Gasteiger partial charge in [0, 0.05) is 23.7 Å². The highest BCUT2D eigenvalue weighted by Crippen LogP contribution is 2.36. The Labute approximate surface area is 237 Å². The number of hydrogen-bond acceptors (Lipinski definition) is 7. The first-order chi connectivity index (χ1) is 19.5. The number of aromatic amines is 1. The van der Waals surface area contributed by atoms with E-state index in [0.717, 1.165) is 28.9 Å². The number of hydrogen-bond donors (Lipinski definition) is 4. The highest BCUT2D eigenvalue weighted by atomic mass is 35.5. The van der Waals surface area contributed by atoms with Gasteiger partial charge in [0.2, 0.25) is 5.91 Å². The minimum Gasteiger partial charge on any atom is -0.497 e. The molecule has 13 heteroatoms. The second-order valence-corrected chi connectivity index (χ2v) is 10.7. The van der Waals surface area contributed by atoms with Crippen LogP contribution in [0.4, 0.5) is 15.6 Å². The number of imidazole rings is 1. The molecule has 4 N–H and O–H groups in total. The van der Waals surface area contributed by atoms with E-state index in [0.29, 0.717) is 51.5 Å². The van der Waals surface area contributed by atoms with E-state index in [1.807, 2.05) is 34.9 Å². The molecule has 2 aromatic carbocycles. The molecule has 0 unspecified atom stereocenters. The van der Waals surface area contributed by atoms with Crippen molar-refractivity contribution in [2.75, 3.05) is 24.3 Å². The summed E-state index contributed by atoms with van der Waals surface area (Å²) >= 11 is 8.00. The maximum atomic E-state index is 12.4. The Kier molecular flexibility index (Phi) is 7.10. The van der Waals surface area contributed by atoms with Gasteiger partial charge < -0.3 is 20.7 Å². The monoisotopic (exact) mass is 576 g/mol. The van der Waals surface area contributed by atoms with E-state index in [1.54, 1.807) is 31.8 Å². The standard InChI is InChI=1S/C27H25ClN8O3S/c1-39-18-7-2-15(3-8-18)10-11-30-26(38)31-17-6-9-19(20(28)12-17)21-13-29-14-36(21)24-22-23(34-35-24)32-27(40-22)33-25(37)16-4-5-16/h2-3,6-9,12-14,16H,4-5,10-11H2,1H3,(H2,30,31,38)(H2,32,33,34,35,37). The number of carbonyl (C=O) groups excluding carboxylic acids is 2. The van der Waals surface area contributed by atoms with Crippen LogP contribution in [0.2, 0.25) is 5.02 Å². The van der Waals surface area contributed by atoms with Gasteiger partial charge >= 0.3 is 6.03 Å². The lowest BCUT2D eigenvalue weighted by Crippen LogP contribution is -2.30. The van der Waals surface area contributed by atoms with E-state index in [4.69, 9.17) is 16.3 Å². The number of nitrogens with one attached hydrogen (secondary N) is 4. The Bertz CT molecular complexity index is 1690. The molecule has 0 radical (unpaired) electrons. The molecule has 0 atom stereocenters. The lowest BCUT2D eigenvalue weighted by molar-refractivity contribution is -0.117. The van der Waals surface area contributed by atoms with Crippen LogP contribution in [0.5, 0.6) is 5.75 Å². The zero-order chi connectivity index (χ0) is 27.6. The van der Waals surface area contributed by atoms with Crippen LogP contribution in [-0.2, 0) is 11.2 Å². The van der Waals surface area contributed by atoms with Crippen LogP contribution in [-0.4, -0.2) is 50.3 Å². The normalized spacial score (nSPS) is 12.8. The van der Waals surface area contributed by atoms with Crippen LogP contribution in [0.3, 0.4) is 0 Å². The SMILES string of the molecule is COc1ccc(CCNC(=O)Nc2ccc(-c3cncn3-c3n[nH]c4nc(NC(=O)C5CC5)sc34)c(Cl)c2)cc1. The molecule has 0 saturated heterocycles. The number of amides is 3. The molecule has 3 aromatic heterocycles. The van der Waals surface area contributed by atoms with E-state index < -0.39 is 0 Å². The molecule has 3 heterocycles. The molecular weight excluding hydrogens is 552 g/mol. The average molecular weight is 577 g/mol. The number of urea groups is 1. The van der Waals surface area contributed by atoms with Crippen LogP contribution < -0.4 is 20.7 Å². The van der Waals surface area contributed by atoms with E-state index >= 15 is 0 Å². The molecule has 40 heavy (non-hydrogen) atoms. The number of benzene rings is 2. The predicted molar refractivity (Wildman–Crippen MR) is 154 cm³/mol. The predicted octanol–water partition coefficient (Wildman–Crippen LogP) is 5.25. The number of H-pyrrole nitrogens is 1. The number of carbonyl (C=O) groups is 2. The molecule has 0 aliphatic heterocycles. The van der Waals surface area contributed by atoms with Gasteiger partial charge in [-0.2, -0.15) is 5.10 Å². The molecular formula is C27H25ClN8O3S. The quantitative estimate of drug-likeness (QED) is 0.189. The van der Waals surface area contributed by atoms with Gasteiger partial charge in [-0.15, -0.1) is 0 Å². The first kappa shape index (κ1) is 25.8. The van der Waals surface area contributed by atoms with Crippen molar-refractivity contribution in [3.8, 4) is 22.8 Å². The minimum absolute atomic E-state index is 0.000587. The van der Waals surface area contributed by atoms with Gasteiger partial charge in [-0.3, -0.25) is 14.5 Å². The van der Waals surface area contributed by atoms with Gasteiger partial charge in [0.15, 0.2) is 16.6 Å². The Hall–Kier alpha value is -4.42. The highest BCUT2D eigenvalue weighted by Gasteiger charge is 2.30. The number of fused-ring (bicyclic) bond motifs is 1. The van der Waals surface area contributed by atoms with Crippen molar-refractivity contribution in [2.45, 2.75) is 19.3 Å². The Morgan fingerprint density at radius 2 is 2.00 bits per heavy atom. The molecule has 1 aliphatic rings. The molecule has 204 valence electrons. The largest absolute Gasteiger partial charge is 0.497 e. The molecule has 1 fully saturated rings. The second-order valence-electron chi connectivity index (χ2n) is 9.33. The molecule has 0 bridgehead atoms. The fraction of sp³-hybridized carbons (Fsp3) is 0.222. The first-order valence-corrected chi connectivity index (χ1v) is 13.8. The molecule has 1 saturated carbocycles. The van der Waals surface area contributed by atoms with E-state index in [9.17, 15) is 9.59 Å². The summed E-state index contributed by atoms with van der Waals surface area (Å²) in [6.07, 6.45) is 5.87.